The lowest BCUT2D eigenvalue weighted by molar-refractivity contribution is 0.295. The molecule has 1 aromatic heterocycles. The maximum absolute atomic E-state index is 5.68. The number of unbranched alkanes of at least 4 members (excludes halogenated alkanes) is 3. The number of pyridine rings is 1. The van der Waals surface area contributed by atoms with Crippen molar-refractivity contribution in [1.82, 2.24) is 4.98 Å². The summed E-state index contributed by atoms with van der Waals surface area (Å²) in [5, 5.41) is 1.16. The highest BCUT2D eigenvalue weighted by molar-refractivity contribution is 14.1. The van der Waals surface area contributed by atoms with E-state index in [9.17, 15) is 0 Å². The molecule has 0 aliphatic heterocycles. The van der Waals surface area contributed by atoms with Gasteiger partial charge in [-0.1, -0.05) is 53.6 Å². The second-order valence-corrected chi connectivity index (χ2v) is 5.37. The molecule has 0 amide bonds. The minimum atomic E-state index is 0.739. The van der Waals surface area contributed by atoms with Gasteiger partial charge in [-0.05, 0) is 29.4 Å². The van der Waals surface area contributed by atoms with Gasteiger partial charge < -0.3 is 4.74 Å². The van der Waals surface area contributed by atoms with E-state index in [-0.39, 0.29) is 0 Å². The molecule has 0 bridgehead atoms. The van der Waals surface area contributed by atoms with Crippen molar-refractivity contribution in [3.8, 4) is 5.88 Å². The number of alkyl halides is 1. The van der Waals surface area contributed by atoms with Gasteiger partial charge in [-0.3, -0.25) is 0 Å². The third kappa shape index (κ3) is 4.12. The van der Waals surface area contributed by atoms with Crippen molar-refractivity contribution < 1.29 is 4.74 Å². The molecule has 2 aromatic rings. The Morgan fingerprint density at radius 2 is 1.78 bits per heavy atom. The van der Waals surface area contributed by atoms with Crippen LogP contribution < -0.4 is 4.74 Å². The predicted octanol–water partition coefficient (Wildman–Crippen LogP) is 4.61. The quantitative estimate of drug-likeness (QED) is 0.411. The largest absolute Gasteiger partial charge is 0.478 e. The van der Waals surface area contributed by atoms with E-state index < -0.39 is 0 Å². The summed E-state index contributed by atoms with van der Waals surface area (Å²) in [6.45, 7) is 0.770. The van der Waals surface area contributed by atoms with Gasteiger partial charge in [-0.15, -0.1) is 0 Å². The fraction of sp³-hybridized carbons (Fsp3) is 0.400. The number of fused-ring (bicyclic) bond motifs is 1. The first kappa shape index (κ1) is 13.6. The van der Waals surface area contributed by atoms with Crippen LogP contribution in [0.5, 0.6) is 5.88 Å². The molecule has 0 aliphatic rings. The highest BCUT2D eigenvalue weighted by atomic mass is 127. The summed E-state index contributed by atoms with van der Waals surface area (Å²) in [7, 11) is 0. The third-order valence-electron chi connectivity index (χ3n) is 2.85. The van der Waals surface area contributed by atoms with Gasteiger partial charge in [0.25, 0.3) is 0 Å². The first-order valence-corrected chi connectivity index (χ1v) is 7.97. The molecule has 0 spiro atoms. The number of hydrogen-bond acceptors (Lipinski definition) is 2. The molecular formula is C15H18INO. The van der Waals surface area contributed by atoms with Crippen molar-refractivity contribution in [1.29, 1.82) is 0 Å². The normalized spacial score (nSPS) is 10.7. The van der Waals surface area contributed by atoms with Crippen LogP contribution in [-0.2, 0) is 0 Å². The first-order valence-electron chi connectivity index (χ1n) is 6.45. The molecular weight excluding hydrogens is 337 g/mol. The van der Waals surface area contributed by atoms with E-state index in [0.717, 1.165) is 29.8 Å². The van der Waals surface area contributed by atoms with Gasteiger partial charge in [0.05, 0.1) is 12.1 Å². The zero-order valence-corrected chi connectivity index (χ0v) is 12.6. The number of ether oxygens (including phenoxy) is 1. The highest BCUT2D eigenvalue weighted by Crippen LogP contribution is 2.16. The number of hydrogen-bond donors (Lipinski definition) is 0. The molecule has 0 aliphatic carbocycles. The van der Waals surface area contributed by atoms with E-state index in [4.69, 9.17) is 4.74 Å². The van der Waals surface area contributed by atoms with E-state index >= 15 is 0 Å². The van der Waals surface area contributed by atoms with Gasteiger partial charge in [0.2, 0.25) is 5.88 Å². The van der Waals surface area contributed by atoms with Gasteiger partial charge in [0.1, 0.15) is 0 Å². The summed E-state index contributed by atoms with van der Waals surface area (Å²) in [5.74, 6) is 0.739. The second kappa shape index (κ2) is 7.56. The van der Waals surface area contributed by atoms with Crippen LogP contribution >= 0.6 is 22.6 Å². The fourth-order valence-electron chi connectivity index (χ4n) is 1.85. The van der Waals surface area contributed by atoms with Crippen LogP contribution in [0.2, 0.25) is 0 Å². The summed E-state index contributed by atoms with van der Waals surface area (Å²) in [6.07, 6.45) is 4.98. The number of aromatic nitrogens is 1. The van der Waals surface area contributed by atoms with E-state index in [2.05, 4.69) is 39.7 Å². The van der Waals surface area contributed by atoms with E-state index in [1.165, 1.54) is 23.7 Å². The minimum Gasteiger partial charge on any atom is -0.478 e. The average molecular weight is 355 g/mol. The standard InChI is InChI=1S/C15H18INO/c16-11-5-1-2-6-12-18-15-10-9-13-7-3-4-8-14(13)17-15/h3-4,7-10H,1-2,5-6,11-12H2. The van der Waals surface area contributed by atoms with E-state index in [0.29, 0.717) is 0 Å². The lowest BCUT2D eigenvalue weighted by Gasteiger charge is -2.06. The summed E-state index contributed by atoms with van der Waals surface area (Å²) in [4.78, 5) is 4.49. The Balaban J connectivity index is 1.81. The van der Waals surface area contributed by atoms with Gasteiger partial charge in [-0.2, -0.15) is 0 Å². The molecule has 0 unspecified atom stereocenters. The van der Waals surface area contributed by atoms with Crippen LogP contribution in [0.25, 0.3) is 10.9 Å². The summed E-state index contributed by atoms with van der Waals surface area (Å²) in [6, 6.07) is 12.1. The van der Waals surface area contributed by atoms with Crippen LogP contribution in [0.1, 0.15) is 25.7 Å². The summed E-state index contributed by atoms with van der Waals surface area (Å²) < 4.78 is 6.94. The summed E-state index contributed by atoms with van der Waals surface area (Å²) >= 11 is 2.42. The maximum Gasteiger partial charge on any atom is 0.213 e. The van der Waals surface area contributed by atoms with Gasteiger partial charge in [0, 0.05) is 11.5 Å². The Labute approximate surface area is 122 Å². The predicted molar refractivity (Wildman–Crippen MR) is 84.6 cm³/mol. The molecule has 0 atom stereocenters. The third-order valence-corrected chi connectivity index (χ3v) is 3.61. The minimum absolute atomic E-state index is 0.739. The van der Waals surface area contributed by atoms with Crippen molar-refractivity contribution in [3.63, 3.8) is 0 Å². The molecule has 0 fully saturated rings. The van der Waals surface area contributed by atoms with Crippen LogP contribution in [0, 0.1) is 0 Å². The fourth-order valence-corrected chi connectivity index (χ4v) is 2.39. The molecule has 2 nitrogen and oxygen atoms in total. The highest BCUT2D eigenvalue weighted by Gasteiger charge is 1.98. The molecule has 1 heterocycles. The number of benzene rings is 1. The van der Waals surface area contributed by atoms with E-state index in [1.54, 1.807) is 0 Å². The molecule has 96 valence electrons. The van der Waals surface area contributed by atoms with Crippen molar-refractivity contribution in [3.05, 3.63) is 36.4 Å². The van der Waals surface area contributed by atoms with Gasteiger partial charge >= 0.3 is 0 Å². The smallest absolute Gasteiger partial charge is 0.213 e. The molecule has 0 N–H and O–H groups in total. The van der Waals surface area contributed by atoms with Crippen LogP contribution in [0.4, 0.5) is 0 Å². The second-order valence-electron chi connectivity index (χ2n) is 4.29. The SMILES string of the molecule is ICCCCCCOc1ccc2ccccc2n1. The van der Waals surface area contributed by atoms with Crippen molar-refractivity contribution in [2.75, 3.05) is 11.0 Å². The number of rotatable bonds is 7. The Morgan fingerprint density at radius 3 is 2.67 bits per heavy atom. The van der Waals surface area contributed by atoms with Crippen LogP contribution in [-0.4, -0.2) is 16.0 Å². The van der Waals surface area contributed by atoms with Gasteiger partial charge in [-0.25, -0.2) is 4.98 Å². The van der Waals surface area contributed by atoms with Crippen molar-refractivity contribution in [2.45, 2.75) is 25.7 Å². The Hall–Kier alpha value is -0.840. The number of halogens is 1. The molecule has 0 saturated carbocycles. The summed E-state index contributed by atoms with van der Waals surface area (Å²) in [5.41, 5.74) is 1.000. The Bertz CT molecular complexity index is 487. The average Bonchev–Trinajstić information content (AvgIpc) is 2.42. The molecule has 3 heteroatoms. The molecule has 0 radical (unpaired) electrons. The number of para-hydroxylation sites is 1. The molecule has 1 aromatic carbocycles. The topological polar surface area (TPSA) is 22.1 Å². The first-order chi connectivity index (χ1) is 8.90. The lowest BCUT2D eigenvalue weighted by Crippen LogP contribution is -1.99. The Kier molecular flexibility index (Phi) is 5.71. The van der Waals surface area contributed by atoms with E-state index in [1.807, 2.05) is 24.3 Å². The molecule has 0 saturated heterocycles. The monoisotopic (exact) mass is 355 g/mol. The molecule has 2 rings (SSSR count). The number of nitrogens with zero attached hydrogens (tertiary/aromatic N) is 1. The zero-order valence-electron chi connectivity index (χ0n) is 10.4. The molecule has 18 heavy (non-hydrogen) atoms. The van der Waals surface area contributed by atoms with Crippen LogP contribution in [0.15, 0.2) is 36.4 Å². The lowest BCUT2D eigenvalue weighted by atomic mass is 10.2. The van der Waals surface area contributed by atoms with Crippen molar-refractivity contribution >= 4 is 33.5 Å². The maximum atomic E-state index is 5.68. The van der Waals surface area contributed by atoms with Gasteiger partial charge in [0.15, 0.2) is 0 Å². The van der Waals surface area contributed by atoms with Crippen LogP contribution in [0.3, 0.4) is 0 Å². The van der Waals surface area contributed by atoms with Crippen molar-refractivity contribution in [2.24, 2.45) is 0 Å². The Morgan fingerprint density at radius 1 is 0.944 bits per heavy atom. The zero-order chi connectivity index (χ0) is 12.6.